The highest BCUT2D eigenvalue weighted by molar-refractivity contribution is 7.92. The lowest BCUT2D eigenvalue weighted by Crippen LogP contribution is -2.13. The Morgan fingerprint density at radius 3 is 2.12 bits per heavy atom. The lowest BCUT2D eigenvalue weighted by Gasteiger charge is -2.09. The van der Waals surface area contributed by atoms with E-state index in [2.05, 4.69) is 9.46 Å². The van der Waals surface area contributed by atoms with Crippen LogP contribution in [0.15, 0.2) is 65.8 Å². The first-order valence-corrected chi connectivity index (χ1v) is 8.18. The Hall–Kier alpha value is -2.74. The number of ketones is 1. The van der Waals surface area contributed by atoms with E-state index in [9.17, 15) is 22.0 Å². The zero-order valence-corrected chi connectivity index (χ0v) is 13.3. The third-order valence-electron chi connectivity index (χ3n) is 2.96. The molecule has 0 spiro atoms. The standard InChI is InChI=1S/C16H13F2NO4S/c1-11(20)12-2-8-15(9-3-12)24(21,22)19-13-4-6-14(7-5-13)23-10-16(17)18/h2-10,19H,1H3. The zero-order valence-electron chi connectivity index (χ0n) is 12.5. The van der Waals surface area contributed by atoms with Crippen LogP contribution in [0.25, 0.3) is 0 Å². The summed E-state index contributed by atoms with van der Waals surface area (Å²) in [4.78, 5) is 11.2. The number of ether oxygens (including phenoxy) is 1. The lowest BCUT2D eigenvalue weighted by molar-refractivity contribution is 0.101. The maximum absolute atomic E-state index is 12.2. The van der Waals surface area contributed by atoms with Crippen LogP contribution in [0.4, 0.5) is 14.5 Å². The van der Waals surface area contributed by atoms with Crippen LogP contribution in [0.2, 0.25) is 0 Å². The molecule has 0 saturated carbocycles. The molecule has 0 fully saturated rings. The summed E-state index contributed by atoms with van der Waals surface area (Å²) in [5, 5.41) is 0. The van der Waals surface area contributed by atoms with Crippen LogP contribution in [-0.4, -0.2) is 14.2 Å². The quantitative estimate of drug-likeness (QED) is 0.633. The van der Waals surface area contributed by atoms with E-state index in [-0.39, 0.29) is 28.4 Å². The number of benzene rings is 2. The molecule has 24 heavy (non-hydrogen) atoms. The van der Waals surface area contributed by atoms with Crippen LogP contribution in [-0.2, 0) is 10.0 Å². The summed E-state index contributed by atoms with van der Waals surface area (Å²) in [5.41, 5.74) is 0.645. The Balaban J connectivity index is 2.14. The van der Waals surface area contributed by atoms with Gasteiger partial charge in [-0.2, -0.15) is 8.78 Å². The van der Waals surface area contributed by atoms with Gasteiger partial charge in [0.2, 0.25) is 0 Å². The molecule has 0 amide bonds. The smallest absolute Gasteiger partial charge is 0.305 e. The van der Waals surface area contributed by atoms with E-state index in [1.807, 2.05) is 0 Å². The minimum Gasteiger partial charge on any atom is -0.459 e. The molecule has 5 nitrogen and oxygen atoms in total. The molecule has 0 unspecified atom stereocenters. The average molecular weight is 353 g/mol. The van der Waals surface area contributed by atoms with Crippen LogP contribution in [0.1, 0.15) is 17.3 Å². The van der Waals surface area contributed by atoms with E-state index in [0.717, 1.165) is 0 Å². The monoisotopic (exact) mass is 353 g/mol. The molecule has 0 bridgehead atoms. The zero-order chi connectivity index (χ0) is 17.7. The van der Waals surface area contributed by atoms with Gasteiger partial charge in [0.1, 0.15) is 5.75 Å². The summed E-state index contributed by atoms with van der Waals surface area (Å²) in [7, 11) is -3.83. The molecule has 0 saturated heterocycles. The number of Topliss-reactive ketones (excluding diaryl/α,β-unsaturated/α-hetero) is 1. The first kappa shape index (κ1) is 17.6. The number of sulfonamides is 1. The highest BCUT2D eigenvalue weighted by Crippen LogP contribution is 2.20. The molecular weight excluding hydrogens is 340 g/mol. The summed E-state index contributed by atoms with van der Waals surface area (Å²) in [6.07, 6.45) is -1.69. The van der Waals surface area contributed by atoms with Crippen molar-refractivity contribution in [3.8, 4) is 5.75 Å². The Kier molecular flexibility index (Phi) is 5.30. The predicted molar refractivity (Wildman–Crippen MR) is 84.6 cm³/mol. The van der Waals surface area contributed by atoms with Gasteiger partial charge in [-0.15, -0.1) is 0 Å². The van der Waals surface area contributed by atoms with Gasteiger partial charge in [-0.1, -0.05) is 12.1 Å². The maximum Gasteiger partial charge on any atom is 0.305 e. The molecule has 8 heteroatoms. The molecule has 126 valence electrons. The highest BCUT2D eigenvalue weighted by Gasteiger charge is 2.14. The van der Waals surface area contributed by atoms with Crippen molar-refractivity contribution in [2.45, 2.75) is 11.8 Å². The summed E-state index contributed by atoms with van der Waals surface area (Å²) in [5.74, 6) is -0.0298. The van der Waals surface area contributed by atoms with Gasteiger partial charge < -0.3 is 4.74 Å². The van der Waals surface area contributed by atoms with Crippen molar-refractivity contribution >= 4 is 21.5 Å². The summed E-state index contributed by atoms with van der Waals surface area (Å²) < 4.78 is 55.3. The SMILES string of the molecule is CC(=O)c1ccc(S(=O)(=O)Nc2ccc(OC=C(F)F)cc2)cc1. The van der Waals surface area contributed by atoms with E-state index in [0.29, 0.717) is 5.56 Å². The van der Waals surface area contributed by atoms with Gasteiger partial charge in [-0.25, -0.2) is 8.42 Å². The number of anilines is 1. The number of carbonyl (C=O) groups excluding carboxylic acids is 1. The van der Waals surface area contributed by atoms with E-state index < -0.39 is 16.1 Å². The summed E-state index contributed by atoms with van der Waals surface area (Å²) >= 11 is 0. The average Bonchev–Trinajstić information content (AvgIpc) is 2.54. The van der Waals surface area contributed by atoms with Gasteiger partial charge in [0, 0.05) is 11.3 Å². The fourth-order valence-corrected chi connectivity index (χ4v) is 2.86. The minimum absolute atomic E-state index is 0.00439. The molecule has 0 aliphatic rings. The van der Waals surface area contributed by atoms with Crippen LogP contribution in [0.5, 0.6) is 5.75 Å². The number of nitrogens with one attached hydrogen (secondary N) is 1. The second-order valence-electron chi connectivity index (χ2n) is 4.74. The molecule has 1 N–H and O–H groups in total. The summed E-state index contributed by atoms with van der Waals surface area (Å²) in [6.45, 7) is 1.38. The Labute approximate surface area is 137 Å². The minimum atomic E-state index is -3.83. The molecule has 0 atom stereocenters. The highest BCUT2D eigenvalue weighted by atomic mass is 32.2. The maximum atomic E-state index is 12.2. The normalized spacial score (nSPS) is 10.8. The second kappa shape index (κ2) is 7.22. The molecule has 2 aromatic rings. The topological polar surface area (TPSA) is 72.5 Å². The molecule has 0 aromatic heterocycles. The van der Waals surface area contributed by atoms with Crippen LogP contribution >= 0.6 is 0 Å². The van der Waals surface area contributed by atoms with Crippen LogP contribution in [0, 0.1) is 0 Å². The third-order valence-corrected chi connectivity index (χ3v) is 4.36. The van der Waals surface area contributed by atoms with Crippen molar-refractivity contribution in [1.29, 1.82) is 0 Å². The van der Waals surface area contributed by atoms with Crippen molar-refractivity contribution in [3.05, 3.63) is 66.4 Å². The van der Waals surface area contributed by atoms with Gasteiger partial charge in [0.25, 0.3) is 10.0 Å². The molecule has 2 rings (SSSR count). The predicted octanol–water partition coefficient (Wildman–Crippen LogP) is 3.81. The van der Waals surface area contributed by atoms with Gasteiger partial charge in [-0.3, -0.25) is 9.52 Å². The van der Waals surface area contributed by atoms with E-state index >= 15 is 0 Å². The fraction of sp³-hybridized carbons (Fsp3) is 0.0625. The van der Waals surface area contributed by atoms with Crippen molar-refractivity contribution in [2.75, 3.05) is 4.72 Å². The number of rotatable bonds is 6. The van der Waals surface area contributed by atoms with E-state index in [1.54, 1.807) is 0 Å². The molecule has 0 aliphatic carbocycles. The van der Waals surface area contributed by atoms with Gasteiger partial charge in [-0.05, 0) is 43.3 Å². The molecule has 0 heterocycles. The van der Waals surface area contributed by atoms with Gasteiger partial charge in [0.15, 0.2) is 12.0 Å². The number of halogens is 2. The first-order valence-electron chi connectivity index (χ1n) is 6.69. The first-order chi connectivity index (χ1) is 11.3. The van der Waals surface area contributed by atoms with Crippen LogP contribution in [0.3, 0.4) is 0 Å². The van der Waals surface area contributed by atoms with Crippen LogP contribution < -0.4 is 9.46 Å². The molecular formula is C16H13F2NO4S. The second-order valence-corrected chi connectivity index (χ2v) is 6.42. The van der Waals surface area contributed by atoms with E-state index in [1.165, 1.54) is 55.5 Å². The molecule has 0 aliphatic heterocycles. The van der Waals surface area contributed by atoms with Crippen molar-refractivity contribution in [3.63, 3.8) is 0 Å². The molecule has 0 radical (unpaired) electrons. The fourth-order valence-electron chi connectivity index (χ4n) is 1.80. The number of hydrogen-bond donors (Lipinski definition) is 1. The Bertz CT molecular complexity index is 856. The Morgan fingerprint density at radius 2 is 1.62 bits per heavy atom. The van der Waals surface area contributed by atoms with Crippen molar-refractivity contribution in [1.82, 2.24) is 0 Å². The van der Waals surface area contributed by atoms with Crippen molar-refractivity contribution in [2.24, 2.45) is 0 Å². The summed E-state index contributed by atoms with van der Waals surface area (Å²) in [6, 6.07) is 10.9. The Morgan fingerprint density at radius 1 is 1.04 bits per heavy atom. The van der Waals surface area contributed by atoms with Gasteiger partial charge in [0.05, 0.1) is 4.90 Å². The number of carbonyl (C=O) groups is 1. The van der Waals surface area contributed by atoms with E-state index in [4.69, 9.17) is 0 Å². The van der Waals surface area contributed by atoms with Gasteiger partial charge >= 0.3 is 6.08 Å². The number of hydrogen-bond acceptors (Lipinski definition) is 4. The van der Waals surface area contributed by atoms with Crippen molar-refractivity contribution < 1.29 is 26.7 Å². The lowest BCUT2D eigenvalue weighted by atomic mass is 10.2. The third kappa shape index (κ3) is 4.63. The molecule has 2 aromatic carbocycles. The largest absolute Gasteiger partial charge is 0.459 e.